The number of nitrogens with zero attached hydrogens (tertiary/aromatic N) is 1. The smallest absolute Gasteiger partial charge is 0.471 e. The van der Waals surface area contributed by atoms with E-state index in [1.54, 1.807) is 0 Å². The van der Waals surface area contributed by atoms with E-state index in [4.69, 9.17) is 5.11 Å². The Morgan fingerprint density at radius 2 is 1.56 bits per heavy atom. The Balaban J connectivity index is 5.35. The second-order valence-electron chi connectivity index (χ2n) is 4.13. The molecule has 0 bridgehead atoms. The van der Waals surface area contributed by atoms with E-state index in [-0.39, 0.29) is 0 Å². The van der Waals surface area contributed by atoms with Crippen molar-refractivity contribution < 1.29 is 27.9 Å². The number of amides is 1. The summed E-state index contributed by atoms with van der Waals surface area (Å²) >= 11 is 0. The fourth-order valence-electron chi connectivity index (χ4n) is 1.37. The molecule has 7 heteroatoms. The third-order valence-electron chi connectivity index (χ3n) is 2.10. The highest BCUT2D eigenvalue weighted by molar-refractivity contribution is 5.89. The van der Waals surface area contributed by atoms with E-state index in [2.05, 4.69) is 0 Å². The predicted octanol–water partition coefficient (Wildman–Crippen LogP) is 1.65. The average Bonchev–Trinajstić information content (AvgIpc) is 2.00. The van der Waals surface area contributed by atoms with Crippen LogP contribution in [-0.4, -0.2) is 39.6 Å². The van der Waals surface area contributed by atoms with Crippen LogP contribution in [0.2, 0.25) is 0 Å². The van der Waals surface area contributed by atoms with E-state index in [1.807, 2.05) is 0 Å². The summed E-state index contributed by atoms with van der Waals surface area (Å²) in [4.78, 5) is 22.2. The molecular weight excluding hydrogens is 227 g/mol. The lowest BCUT2D eigenvalue weighted by atomic mass is 10.0. The largest absolute Gasteiger partial charge is 0.480 e. The van der Waals surface area contributed by atoms with E-state index in [0.717, 1.165) is 13.8 Å². The van der Waals surface area contributed by atoms with Crippen LogP contribution in [0.4, 0.5) is 13.2 Å². The Hall–Kier alpha value is -1.27. The number of hydrogen-bond donors (Lipinski definition) is 1. The fraction of sp³-hybridized carbons (Fsp3) is 0.778. The maximum absolute atomic E-state index is 12.3. The molecule has 0 rings (SSSR count). The fourth-order valence-corrected chi connectivity index (χ4v) is 1.37. The second-order valence-corrected chi connectivity index (χ2v) is 4.13. The minimum Gasteiger partial charge on any atom is -0.480 e. The molecule has 94 valence electrons. The number of carbonyl (C=O) groups excluding carboxylic acids is 1. The quantitative estimate of drug-likeness (QED) is 0.817. The predicted molar refractivity (Wildman–Crippen MR) is 49.8 cm³/mol. The van der Waals surface area contributed by atoms with E-state index < -0.39 is 29.6 Å². The first kappa shape index (κ1) is 14.7. The van der Waals surface area contributed by atoms with Crippen molar-refractivity contribution in [3.8, 4) is 0 Å². The normalized spacial score (nSPS) is 12.8. The van der Waals surface area contributed by atoms with Gasteiger partial charge < -0.3 is 10.0 Å². The molecule has 0 unspecified atom stereocenters. The molecule has 0 aromatic carbocycles. The number of alkyl halides is 3. The molecule has 0 saturated heterocycles. The first-order valence-corrected chi connectivity index (χ1v) is 4.56. The molecule has 0 aliphatic carbocycles. The number of carboxylic acid groups (broad SMARTS) is 1. The summed E-state index contributed by atoms with van der Waals surface area (Å²) in [7, 11) is 0. The van der Waals surface area contributed by atoms with Gasteiger partial charge in [-0.1, -0.05) is 0 Å². The standard InChI is InChI=1S/C9H14F3NO3/c1-5(2)13(6(14)9(10,11)12)8(3,4)7(15)16/h5H,1-4H3,(H,15,16). The molecule has 4 nitrogen and oxygen atoms in total. The molecule has 0 heterocycles. The molecule has 0 spiro atoms. The summed E-state index contributed by atoms with van der Waals surface area (Å²) in [6.07, 6.45) is -5.07. The summed E-state index contributed by atoms with van der Waals surface area (Å²) in [6, 6.07) is -0.861. The van der Waals surface area contributed by atoms with Crippen molar-refractivity contribution in [2.24, 2.45) is 0 Å². The zero-order chi connectivity index (χ0) is 13.3. The number of halogens is 3. The Bertz CT molecular complexity index is 297. The van der Waals surface area contributed by atoms with Gasteiger partial charge in [0, 0.05) is 6.04 Å². The van der Waals surface area contributed by atoms with Crippen molar-refractivity contribution in [1.82, 2.24) is 4.90 Å². The van der Waals surface area contributed by atoms with Crippen LogP contribution in [0, 0.1) is 0 Å². The Morgan fingerprint density at radius 1 is 1.19 bits per heavy atom. The molecule has 16 heavy (non-hydrogen) atoms. The summed E-state index contributed by atoms with van der Waals surface area (Å²) in [5, 5.41) is 8.81. The van der Waals surface area contributed by atoms with Gasteiger partial charge in [-0.05, 0) is 27.7 Å². The molecule has 0 atom stereocenters. The average molecular weight is 241 g/mol. The van der Waals surface area contributed by atoms with Crippen LogP contribution in [0.15, 0.2) is 0 Å². The summed E-state index contributed by atoms with van der Waals surface area (Å²) in [5.74, 6) is -3.63. The third-order valence-corrected chi connectivity index (χ3v) is 2.10. The van der Waals surface area contributed by atoms with E-state index >= 15 is 0 Å². The van der Waals surface area contributed by atoms with Gasteiger partial charge in [0.1, 0.15) is 5.54 Å². The van der Waals surface area contributed by atoms with Crippen molar-refractivity contribution in [3.63, 3.8) is 0 Å². The lowest BCUT2D eigenvalue weighted by Gasteiger charge is -2.38. The van der Waals surface area contributed by atoms with Gasteiger partial charge >= 0.3 is 18.1 Å². The first-order valence-electron chi connectivity index (χ1n) is 4.56. The molecule has 0 aromatic rings. The van der Waals surface area contributed by atoms with Crippen molar-refractivity contribution in [2.75, 3.05) is 0 Å². The number of rotatable bonds is 3. The summed E-state index contributed by atoms with van der Waals surface area (Å²) < 4.78 is 36.8. The maximum Gasteiger partial charge on any atom is 0.471 e. The Kier molecular flexibility index (Phi) is 3.96. The molecule has 1 amide bonds. The Morgan fingerprint density at radius 3 is 1.75 bits per heavy atom. The zero-order valence-electron chi connectivity index (χ0n) is 9.42. The van der Waals surface area contributed by atoms with Gasteiger partial charge in [0.25, 0.3) is 0 Å². The van der Waals surface area contributed by atoms with Gasteiger partial charge in [0.15, 0.2) is 0 Å². The molecule has 0 radical (unpaired) electrons. The van der Waals surface area contributed by atoms with Crippen molar-refractivity contribution in [2.45, 2.75) is 45.5 Å². The number of hydrogen-bond acceptors (Lipinski definition) is 2. The van der Waals surface area contributed by atoms with Crippen LogP contribution < -0.4 is 0 Å². The SMILES string of the molecule is CC(C)N(C(=O)C(F)(F)F)C(C)(C)C(=O)O. The number of aliphatic carboxylic acids is 1. The first-order chi connectivity index (χ1) is 6.92. The van der Waals surface area contributed by atoms with E-state index in [9.17, 15) is 22.8 Å². The molecule has 0 aliphatic heterocycles. The van der Waals surface area contributed by atoms with Gasteiger partial charge in [-0.25, -0.2) is 4.79 Å². The lowest BCUT2D eigenvalue weighted by molar-refractivity contribution is -0.196. The van der Waals surface area contributed by atoms with Gasteiger partial charge in [-0.2, -0.15) is 13.2 Å². The van der Waals surface area contributed by atoms with Crippen LogP contribution in [-0.2, 0) is 9.59 Å². The van der Waals surface area contributed by atoms with Crippen LogP contribution in [0.25, 0.3) is 0 Å². The molecule has 0 saturated carbocycles. The van der Waals surface area contributed by atoms with Gasteiger partial charge in [0.05, 0.1) is 0 Å². The van der Waals surface area contributed by atoms with Crippen LogP contribution in [0.1, 0.15) is 27.7 Å². The highest BCUT2D eigenvalue weighted by Gasteiger charge is 2.50. The van der Waals surface area contributed by atoms with Crippen molar-refractivity contribution in [3.05, 3.63) is 0 Å². The topological polar surface area (TPSA) is 57.6 Å². The number of carbonyl (C=O) groups is 2. The molecular formula is C9H14F3NO3. The van der Waals surface area contributed by atoms with Crippen LogP contribution in [0.3, 0.4) is 0 Å². The summed E-state index contributed by atoms with van der Waals surface area (Å²) in [5.41, 5.74) is -1.90. The van der Waals surface area contributed by atoms with E-state index in [0.29, 0.717) is 4.90 Å². The maximum atomic E-state index is 12.3. The Labute approximate surface area is 91.0 Å². The minimum absolute atomic E-state index is 0.315. The monoisotopic (exact) mass is 241 g/mol. The third kappa shape index (κ3) is 2.86. The molecule has 0 aliphatic rings. The van der Waals surface area contributed by atoms with Gasteiger partial charge in [-0.15, -0.1) is 0 Å². The zero-order valence-corrected chi connectivity index (χ0v) is 9.42. The minimum atomic E-state index is -5.07. The molecule has 1 N–H and O–H groups in total. The highest BCUT2D eigenvalue weighted by atomic mass is 19.4. The second kappa shape index (κ2) is 4.31. The van der Waals surface area contributed by atoms with Crippen LogP contribution in [0.5, 0.6) is 0 Å². The van der Waals surface area contributed by atoms with Gasteiger partial charge in [0.2, 0.25) is 0 Å². The summed E-state index contributed by atoms with van der Waals surface area (Å²) in [6.45, 7) is 4.76. The van der Waals surface area contributed by atoms with Gasteiger partial charge in [-0.3, -0.25) is 4.79 Å². The van der Waals surface area contributed by atoms with Crippen molar-refractivity contribution in [1.29, 1.82) is 0 Å². The number of carboxylic acids is 1. The van der Waals surface area contributed by atoms with E-state index in [1.165, 1.54) is 13.8 Å². The van der Waals surface area contributed by atoms with Crippen molar-refractivity contribution >= 4 is 11.9 Å². The highest BCUT2D eigenvalue weighted by Crippen LogP contribution is 2.26. The molecule has 0 aromatic heterocycles. The van der Waals surface area contributed by atoms with Crippen LogP contribution >= 0.6 is 0 Å². The molecule has 0 fully saturated rings. The lowest BCUT2D eigenvalue weighted by Crippen LogP contribution is -2.59.